The van der Waals surface area contributed by atoms with E-state index in [2.05, 4.69) is 4.74 Å². The van der Waals surface area contributed by atoms with Crippen molar-refractivity contribution in [3.63, 3.8) is 0 Å². The number of methoxy groups -OCH3 is 1. The van der Waals surface area contributed by atoms with E-state index < -0.39 is 24.1 Å². The molecule has 1 aromatic heterocycles. The smallest absolute Gasteiger partial charge is 0.348 e. The summed E-state index contributed by atoms with van der Waals surface area (Å²) < 4.78 is 9.22. The summed E-state index contributed by atoms with van der Waals surface area (Å²) in [6.07, 6.45) is -2.84. The van der Waals surface area contributed by atoms with Crippen molar-refractivity contribution in [1.82, 2.24) is 0 Å². The number of thiophene rings is 1. The predicted molar refractivity (Wildman–Crippen MR) is 67.9 cm³/mol. The normalized spacial score (nSPS) is 13.7. The number of rotatable bonds is 6. The van der Waals surface area contributed by atoms with E-state index in [1.165, 1.54) is 19.2 Å². The lowest BCUT2D eigenvalue weighted by Crippen LogP contribution is -2.21. The first kappa shape index (κ1) is 15.6. The van der Waals surface area contributed by atoms with Gasteiger partial charge in [0.25, 0.3) is 0 Å². The van der Waals surface area contributed by atoms with Crippen molar-refractivity contribution >= 4 is 23.3 Å². The van der Waals surface area contributed by atoms with Crippen LogP contribution in [0, 0.1) is 0 Å². The van der Waals surface area contributed by atoms with Crippen molar-refractivity contribution < 1.29 is 29.3 Å². The molecule has 0 amide bonds. The van der Waals surface area contributed by atoms with Gasteiger partial charge in [0.2, 0.25) is 0 Å². The number of esters is 2. The van der Waals surface area contributed by atoms with Crippen molar-refractivity contribution in [1.29, 1.82) is 0 Å². The van der Waals surface area contributed by atoms with Crippen LogP contribution >= 0.6 is 11.3 Å². The van der Waals surface area contributed by atoms with Gasteiger partial charge in [-0.25, -0.2) is 4.79 Å². The van der Waals surface area contributed by atoms with Gasteiger partial charge in [-0.15, -0.1) is 11.3 Å². The molecule has 1 aromatic rings. The maximum Gasteiger partial charge on any atom is 0.348 e. The second-order valence-corrected chi connectivity index (χ2v) is 4.83. The summed E-state index contributed by atoms with van der Waals surface area (Å²) in [5, 5.41) is 19.5. The quantitative estimate of drug-likeness (QED) is 0.755. The van der Waals surface area contributed by atoms with Gasteiger partial charge in [-0.3, -0.25) is 4.79 Å². The van der Waals surface area contributed by atoms with Gasteiger partial charge in [-0.2, -0.15) is 0 Å². The van der Waals surface area contributed by atoms with Gasteiger partial charge in [0, 0.05) is 4.88 Å². The molecule has 106 valence electrons. The van der Waals surface area contributed by atoms with Gasteiger partial charge in [-0.1, -0.05) is 0 Å². The van der Waals surface area contributed by atoms with E-state index >= 15 is 0 Å². The molecular formula is C12H16O6S. The number of aliphatic hydroxyl groups excluding tert-OH is 2. The molecule has 0 aromatic carbocycles. The lowest BCUT2D eigenvalue weighted by Gasteiger charge is -2.15. The standard InChI is InChI=1S/C12H16O6S/c1-3-18-12(16)9-5-4-8(19-9)11(15)7(13)6-10(14)17-2/h4-5,7,11,13,15H,3,6H2,1-2H3. The van der Waals surface area contributed by atoms with E-state index in [0.717, 1.165) is 11.3 Å². The molecule has 0 aliphatic rings. The molecule has 0 saturated carbocycles. The Bertz CT molecular complexity index is 441. The first-order valence-electron chi connectivity index (χ1n) is 5.69. The highest BCUT2D eigenvalue weighted by atomic mass is 32.1. The zero-order valence-electron chi connectivity index (χ0n) is 10.7. The fourth-order valence-corrected chi connectivity index (χ4v) is 2.33. The largest absolute Gasteiger partial charge is 0.469 e. The van der Waals surface area contributed by atoms with Gasteiger partial charge in [0.1, 0.15) is 11.0 Å². The van der Waals surface area contributed by atoms with Crippen molar-refractivity contribution in [3.05, 3.63) is 21.9 Å². The van der Waals surface area contributed by atoms with E-state index in [-0.39, 0.29) is 13.0 Å². The molecule has 2 N–H and O–H groups in total. The average Bonchev–Trinajstić information content (AvgIpc) is 2.87. The highest BCUT2D eigenvalue weighted by Crippen LogP contribution is 2.27. The minimum Gasteiger partial charge on any atom is -0.469 e. The fraction of sp³-hybridized carbons (Fsp3) is 0.500. The van der Waals surface area contributed by atoms with Crippen LogP contribution in [0.5, 0.6) is 0 Å². The maximum absolute atomic E-state index is 11.4. The molecule has 0 fully saturated rings. The Morgan fingerprint density at radius 3 is 2.63 bits per heavy atom. The maximum atomic E-state index is 11.4. The van der Waals surface area contributed by atoms with Crippen molar-refractivity contribution in [2.75, 3.05) is 13.7 Å². The molecule has 2 atom stereocenters. The first-order chi connectivity index (χ1) is 8.99. The predicted octanol–water partition coefficient (Wildman–Crippen LogP) is 0.882. The summed E-state index contributed by atoms with van der Waals surface area (Å²) >= 11 is 1.02. The number of ether oxygens (including phenoxy) is 2. The second kappa shape index (κ2) is 7.22. The zero-order valence-corrected chi connectivity index (χ0v) is 11.5. The van der Waals surface area contributed by atoms with E-state index in [4.69, 9.17) is 4.74 Å². The Balaban J connectivity index is 2.69. The van der Waals surface area contributed by atoms with Crippen molar-refractivity contribution in [2.24, 2.45) is 0 Å². The Hall–Kier alpha value is -1.44. The van der Waals surface area contributed by atoms with Crippen LogP contribution < -0.4 is 0 Å². The summed E-state index contributed by atoms with van der Waals surface area (Å²) in [6, 6.07) is 3.02. The molecule has 0 aliphatic heterocycles. The molecule has 6 nitrogen and oxygen atoms in total. The number of hydrogen-bond acceptors (Lipinski definition) is 7. The Morgan fingerprint density at radius 2 is 2.05 bits per heavy atom. The van der Waals surface area contributed by atoms with Crippen LogP contribution in [0.15, 0.2) is 12.1 Å². The molecular weight excluding hydrogens is 272 g/mol. The lowest BCUT2D eigenvalue weighted by molar-refractivity contribution is -0.144. The SMILES string of the molecule is CCOC(=O)c1ccc(C(O)C(O)CC(=O)OC)s1. The fourth-order valence-electron chi connectivity index (χ4n) is 1.38. The molecule has 2 unspecified atom stereocenters. The average molecular weight is 288 g/mol. The van der Waals surface area contributed by atoms with E-state index in [0.29, 0.717) is 9.75 Å². The molecule has 0 radical (unpaired) electrons. The third-order valence-corrected chi connectivity index (χ3v) is 3.50. The topological polar surface area (TPSA) is 93.1 Å². The summed E-state index contributed by atoms with van der Waals surface area (Å²) in [7, 11) is 1.20. The van der Waals surface area contributed by atoms with Crippen LogP contribution in [0.3, 0.4) is 0 Å². The zero-order chi connectivity index (χ0) is 14.4. The van der Waals surface area contributed by atoms with Crippen LogP contribution in [0.25, 0.3) is 0 Å². The van der Waals surface area contributed by atoms with Crippen molar-refractivity contribution in [2.45, 2.75) is 25.6 Å². The van der Waals surface area contributed by atoms with Gasteiger partial charge in [0.05, 0.1) is 26.2 Å². The van der Waals surface area contributed by atoms with Crippen LogP contribution in [0.1, 0.15) is 34.0 Å². The van der Waals surface area contributed by atoms with Gasteiger partial charge in [0.15, 0.2) is 0 Å². The minimum absolute atomic E-state index is 0.263. The molecule has 0 bridgehead atoms. The molecule has 7 heteroatoms. The summed E-state index contributed by atoms with van der Waals surface area (Å²) in [6.45, 7) is 1.96. The van der Waals surface area contributed by atoms with E-state index in [1.54, 1.807) is 6.92 Å². The number of carbonyl (C=O) groups is 2. The second-order valence-electron chi connectivity index (χ2n) is 3.71. The van der Waals surface area contributed by atoms with Crippen LogP contribution in [-0.4, -0.2) is 42.0 Å². The highest BCUT2D eigenvalue weighted by Gasteiger charge is 2.24. The molecule has 0 aliphatic carbocycles. The van der Waals surface area contributed by atoms with Gasteiger partial charge < -0.3 is 19.7 Å². The molecule has 1 rings (SSSR count). The number of aliphatic hydroxyl groups is 2. The summed E-state index contributed by atoms with van der Waals surface area (Å²) in [4.78, 5) is 23.2. The van der Waals surface area contributed by atoms with E-state index in [1.807, 2.05) is 0 Å². The summed E-state index contributed by atoms with van der Waals surface area (Å²) in [5.74, 6) is -1.10. The van der Waals surface area contributed by atoms with Crippen LogP contribution in [0.2, 0.25) is 0 Å². The lowest BCUT2D eigenvalue weighted by atomic mass is 10.1. The Labute approximate surface area is 114 Å². The third kappa shape index (κ3) is 4.30. The summed E-state index contributed by atoms with van der Waals surface area (Å²) in [5.41, 5.74) is 0. The molecule has 0 saturated heterocycles. The molecule has 19 heavy (non-hydrogen) atoms. The van der Waals surface area contributed by atoms with Crippen molar-refractivity contribution in [3.8, 4) is 0 Å². The number of hydrogen-bond donors (Lipinski definition) is 2. The van der Waals surface area contributed by atoms with E-state index in [9.17, 15) is 19.8 Å². The first-order valence-corrected chi connectivity index (χ1v) is 6.51. The van der Waals surface area contributed by atoms with Crippen LogP contribution in [0.4, 0.5) is 0 Å². The molecule has 0 spiro atoms. The van der Waals surface area contributed by atoms with Gasteiger partial charge in [-0.05, 0) is 19.1 Å². The minimum atomic E-state index is -1.28. The third-order valence-electron chi connectivity index (χ3n) is 2.36. The highest BCUT2D eigenvalue weighted by molar-refractivity contribution is 7.14. The Morgan fingerprint density at radius 1 is 1.37 bits per heavy atom. The van der Waals surface area contributed by atoms with Crippen LogP contribution in [-0.2, 0) is 14.3 Å². The number of carbonyl (C=O) groups excluding carboxylic acids is 2. The molecule has 1 heterocycles. The monoisotopic (exact) mass is 288 g/mol. The Kier molecular flexibility index (Phi) is 5.94. The van der Waals surface area contributed by atoms with Gasteiger partial charge >= 0.3 is 11.9 Å².